The molecular formula is C6H9F2NO7. The highest BCUT2D eigenvalue weighted by Crippen LogP contribution is 2.08. The van der Waals surface area contributed by atoms with Crippen molar-refractivity contribution in [3.05, 3.63) is 10.1 Å². The Labute approximate surface area is 87.6 Å². The quantitative estimate of drug-likeness (QED) is 0.307. The lowest BCUT2D eigenvalue weighted by Crippen LogP contribution is -2.28. The maximum Gasteiger partial charge on any atom is 0.570 e. The molecule has 0 aromatic carbocycles. The summed E-state index contributed by atoms with van der Waals surface area (Å²) in [4.78, 5) is 34.2. The minimum Gasteiger partial charge on any atom is -0.481 e. The van der Waals surface area contributed by atoms with Gasteiger partial charge in [-0.3, -0.25) is 24.5 Å². The van der Waals surface area contributed by atoms with Crippen molar-refractivity contribution in [3.63, 3.8) is 0 Å². The second-order valence-corrected chi connectivity index (χ2v) is 2.00. The molecule has 0 saturated carbocycles. The molecule has 10 heteroatoms. The van der Waals surface area contributed by atoms with E-state index >= 15 is 0 Å². The first-order chi connectivity index (χ1) is 6.97. The summed E-state index contributed by atoms with van der Waals surface area (Å²) >= 11 is 0. The molecule has 0 spiro atoms. The van der Waals surface area contributed by atoms with E-state index in [9.17, 15) is 8.78 Å². The Morgan fingerprint density at radius 2 is 1.44 bits per heavy atom. The van der Waals surface area contributed by atoms with E-state index in [1.807, 2.05) is 0 Å². The fourth-order valence-electron chi connectivity index (χ4n) is 0.0430. The van der Waals surface area contributed by atoms with E-state index in [0.29, 0.717) is 0 Å². The standard InChI is InChI=1S/C2HF2NO3.2C2H4O2/c3-2(4,1-6)5(7)8;2*1-2(3)4/h1H;2*1H3,(H,3,4). The first-order valence-electron chi connectivity index (χ1n) is 3.35. The van der Waals surface area contributed by atoms with Crippen LogP contribution in [0.3, 0.4) is 0 Å². The first kappa shape index (κ1) is 19.4. The minimum absolute atomic E-state index is 0.833. The van der Waals surface area contributed by atoms with Crippen molar-refractivity contribution < 1.29 is 38.3 Å². The zero-order valence-electron chi connectivity index (χ0n) is 8.22. The van der Waals surface area contributed by atoms with Gasteiger partial charge in [-0.25, -0.2) is 0 Å². The lowest BCUT2D eigenvalue weighted by molar-refractivity contribution is -0.619. The molecule has 2 N–H and O–H groups in total. The Bertz CT molecular complexity index is 246. The predicted octanol–water partition coefficient (Wildman–Crippen LogP) is 0.237. The number of aliphatic carboxylic acids is 2. The fraction of sp³-hybridized carbons (Fsp3) is 0.500. The van der Waals surface area contributed by atoms with Crippen molar-refractivity contribution in [2.75, 3.05) is 0 Å². The van der Waals surface area contributed by atoms with Crippen LogP contribution in [0.25, 0.3) is 0 Å². The third-order valence-corrected chi connectivity index (χ3v) is 0.385. The van der Waals surface area contributed by atoms with Crippen molar-refractivity contribution >= 4 is 18.2 Å². The Morgan fingerprint density at radius 1 is 1.25 bits per heavy atom. The van der Waals surface area contributed by atoms with E-state index in [4.69, 9.17) is 34.7 Å². The van der Waals surface area contributed by atoms with Crippen LogP contribution in [0.1, 0.15) is 13.8 Å². The molecule has 0 bridgehead atoms. The summed E-state index contributed by atoms with van der Waals surface area (Å²) in [5.74, 6) is -1.67. The number of hydrogen-bond donors (Lipinski definition) is 2. The molecule has 0 radical (unpaired) electrons. The third-order valence-electron chi connectivity index (χ3n) is 0.385. The highest BCUT2D eigenvalue weighted by molar-refractivity contribution is 5.63. The molecule has 0 atom stereocenters. The van der Waals surface area contributed by atoms with Crippen molar-refractivity contribution in [2.24, 2.45) is 0 Å². The molecule has 0 fully saturated rings. The molecule has 0 aromatic heterocycles. The van der Waals surface area contributed by atoms with Crippen LogP contribution in [0, 0.1) is 10.1 Å². The van der Waals surface area contributed by atoms with Gasteiger partial charge in [0.25, 0.3) is 18.2 Å². The summed E-state index contributed by atoms with van der Waals surface area (Å²) in [7, 11) is 0. The summed E-state index contributed by atoms with van der Waals surface area (Å²) in [6, 6.07) is -4.42. The van der Waals surface area contributed by atoms with E-state index in [2.05, 4.69) is 0 Å². The minimum atomic E-state index is -4.42. The van der Waals surface area contributed by atoms with Crippen LogP contribution in [0.15, 0.2) is 0 Å². The van der Waals surface area contributed by atoms with E-state index in [0.717, 1.165) is 13.8 Å². The van der Waals surface area contributed by atoms with Gasteiger partial charge in [-0.05, 0) is 0 Å². The van der Waals surface area contributed by atoms with Crippen LogP contribution < -0.4 is 0 Å². The van der Waals surface area contributed by atoms with Crippen molar-refractivity contribution in [1.82, 2.24) is 0 Å². The molecule has 0 heterocycles. The Morgan fingerprint density at radius 3 is 1.44 bits per heavy atom. The van der Waals surface area contributed by atoms with Gasteiger partial charge in [-0.15, -0.1) is 8.78 Å². The summed E-state index contributed by atoms with van der Waals surface area (Å²) in [5, 5.41) is 23.9. The second kappa shape index (κ2) is 9.43. The van der Waals surface area contributed by atoms with Gasteiger partial charge in [0.15, 0.2) is 0 Å². The van der Waals surface area contributed by atoms with Crippen LogP contribution in [-0.2, 0) is 14.4 Å². The predicted molar refractivity (Wildman–Crippen MR) is 44.6 cm³/mol. The second-order valence-electron chi connectivity index (χ2n) is 2.00. The molecule has 0 saturated heterocycles. The number of hydrogen-bond acceptors (Lipinski definition) is 5. The third kappa shape index (κ3) is 29.7. The summed E-state index contributed by atoms with van der Waals surface area (Å²) < 4.78 is 22.4. The fourth-order valence-corrected chi connectivity index (χ4v) is 0.0430. The van der Waals surface area contributed by atoms with Crippen molar-refractivity contribution in [2.45, 2.75) is 19.9 Å². The van der Waals surface area contributed by atoms with Gasteiger partial charge < -0.3 is 10.2 Å². The van der Waals surface area contributed by atoms with Gasteiger partial charge in [-0.2, -0.15) is 0 Å². The molecule has 0 aromatic rings. The Kier molecular flexibility index (Phi) is 11.5. The number of aldehydes is 1. The molecule has 0 aliphatic carbocycles. The van der Waals surface area contributed by atoms with Crippen LogP contribution in [0.4, 0.5) is 8.78 Å². The summed E-state index contributed by atoms with van der Waals surface area (Å²) in [6.45, 7) is 2.17. The number of carbonyl (C=O) groups is 3. The van der Waals surface area contributed by atoms with Crippen LogP contribution in [0.2, 0.25) is 0 Å². The van der Waals surface area contributed by atoms with Crippen molar-refractivity contribution in [1.29, 1.82) is 0 Å². The number of alkyl halides is 2. The average Bonchev–Trinajstić information content (AvgIpc) is 2.01. The lowest BCUT2D eigenvalue weighted by Gasteiger charge is -1.93. The van der Waals surface area contributed by atoms with E-state index in [1.54, 1.807) is 0 Å². The zero-order chi connectivity index (χ0) is 13.9. The number of nitrogens with zero attached hydrogens (tertiary/aromatic N) is 1. The van der Waals surface area contributed by atoms with Crippen LogP contribution >= 0.6 is 0 Å². The number of carboxylic acids is 2. The largest absolute Gasteiger partial charge is 0.570 e. The molecule has 0 rings (SSSR count). The topological polar surface area (TPSA) is 135 Å². The number of carboxylic acid groups (broad SMARTS) is 2. The lowest BCUT2D eigenvalue weighted by atomic mass is 10.7. The number of nitro groups is 1. The molecule has 8 nitrogen and oxygen atoms in total. The van der Waals surface area contributed by atoms with E-state index < -0.39 is 29.2 Å². The summed E-state index contributed by atoms with van der Waals surface area (Å²) in [6.07, 6.45) is -1.02. The number of carbonyl (C=O) groups excluding carboxylic acids is 1. The van der Waals surface area contributed by atoms with Gasteiger partial charge in [0.05, 0.1) is 0 Å². The van der Waals surface area contributed by atoms with Gasteiger partial charge in [0, 0.05) is 13.8 Å². The highest BCUT2D eigenvalue weighted by Gasteiger charge is 2.43. The smallest absolute Gasteiger partial charge is 0.481 e. The zero-order valence-corrected chi connectivity index (χ0v) is 8.22. The molecule has 0 unspecified atom stereocenters. The van der Waals surface area contributed by atoms with Gasteiger partial charge in [0.1, 0.15) is 4.92 Å². The SMILES string of the molecule is CC(=O)O.CC(=O)O.O=CC(F)(F)[N+](=O)[O-]. The van der Waals surface area contributed by atoms with Crippen LogP contribution in [0.5, 0.6) is 0 Å². The van der Waals surface area contributed by atoms with Crippen molar-refractivity contribution in [3.8, 4) is 0 Å². The van der Waals surface area contributed by atoms with E-state index in [-0.39, 0.29) is 0 Å². The highest BCUT2D eigenvalue weighted by atomic mass is 19.3. The molecule has 0 aliphatic rings. The monoisotopic (exact) mass is 245 g/mol. The number of halogens is 2. The Balaban J connectivity index is -0.000000179. The Hall–Kier alpha value is -2.13. The van der Waals surface area contributed by atoms with E-state index in [1.165, 1.54) is 0 Å². The molecular weight excluding hydrogens is 236 g/mol. The normalized spacial score (nSPS) is 8.50. The maximum atomic E-state index is 11.2. The van der Waals surface area contributed by atoms with Gasteiger partial charge >= 0.3 is 6.05 Å². The molecule has 0 amide bonds. The average molecular weight is 245 g/mol. The first-order valence-corrected chi connectivity index (χ1v) is 3.35. The van der Waals surface area contributed by atoms with Crippen LogP contribution in [-0.4, -0.2) is 39.4 Å². The molecule has 0 aliphatic heterocycles. The van der Waals surface area contributed by atoms with Gasteiger partial charge in [0.2, 0.25) is 0 Å². The maximum absolute atomic E-state index is 11.2. The van der Waals surface area contributed by atoms with Gasteiger partial charge in [-0.1, -0.05) is 0 Å². The number of rotatable bonds is 2. The summed E-state index contributed by atoms with van der Waals surface area (Å²) in [5.41, 5.74) is 0. The molecule has 16 heavy (non-hydrogen) atoms. The molecule has 94 valence electrons.